The second-order valence-corrected chi connectivity index (χ2v) is 10.3. The first-order valence-electron chi connectivity index (χ1n) is 10.1. The molecular formula is C21H31NO4S. The molecule has 6 heteroatoms. The van der Waals surface area contributed by atoms with E-state index in [-0.39, 0.29) is 10.9 Å². The van der Waals surface area contributed by atoms with E-state index in [0.29, 0.717) is 43.0 Å². The molecule has 0 spiro atoms. The number of rotatable bonds is 5. The molecular weight excluding hydrogens is 362 g/mol. The van der Waals surface area contributed by atoms with Gasteiger partial charge in [-0.15, -0.1) is 0 Å². The summed E-state index contributed by atoms with van der Waals surface area (Å²) >= 11 is 0. The number of esters is 1. The van der Waals surface area contributed by atoms with Crippen LogP contribution in [0.15, 0.2) is 29.2 Å². The number of ether oxygens (including phenoxy) is 1. The average molecular weight is 394 g/mol. The van der Waals surface area contributed by atoms with Crippen molar-refractivity contribution < 1.29 is 17.9 Å². The molecule has 27 heavy (non-hydrogen) atoms. The van der Waals surface area contributed by atoms with Crippen molar-refractivity contribution >= 4 is 16.0 Å². The molecule has 1 aromatic rings. The molecule has 1 aliphatic carbocycles. The monoisotopic (exact) mass is 393 g/mol. The number of sulfonamides is 1. The van der Waals surface area contributed by atoms with Gasteiger partial charge >= 0.3 is 5.97 Å². The highest BCUT2D eigenvalue weighted by Crippen LogP contribution is 2.27. The fourth-order valence-electron chi connectivity index (χ4n) is 4.34. The van der Waals surface area contributed by atoms with Gasteiger partial charge in [-0.1, -0.05) is 33.1 Å². The zero-order valence-electron chi connectivity index (χ0n) is 16.4. The van der Waals surface area contributed by atoms with Crippen LogP contribution in [0.2, 0.25) is 0 Å². The highest BCUT2D eigenvalue weighted by molar-refractivity contribution is 7.89. The molecule has 1 saturated heterocycles. The summed E-state index contributed by atoms with van der Waals surface area (Å²) < 4.78 is 32.8. The average Bonchev–Trinajstić information content (AvgIpc) is 2.66. The highest BCUT2D eigenvalue weighted by atomic mass is 32.2. The predicted octanol–water partition coefficient (Wildman–Crippen LogP) is 4.09. The van der Waals surface area contributed by atoms with Crippen LogP contribution in [0, 0.1) is 17.8 Å². The van der Waals surface area contributed by atoms with E-state index in [9.17, 15) is 13.2 Å². The van der Waals surface area contributed by atoms with Crippen LogP contribution in [0.25, 0.3) is 0 Å². The van der Waals surface area contributed by atoms with Crippen molar-refractivity contribution in [1.29, 1.82) is 0 Å². The van der Waals surface area contributed by atoms with Crippen LogP contribution in [-0.2, 0) is 14.8 Å². The molecule has 5 nitrogen and oxygen atoms in total. The molecule has 2 aliphatic rings. The number of nitrogens with zero attached hydrogens (tertiary/aromatic N) is 1. The van der Waals surface area contributed by atoms with Crippen LogP contribution < -0.4 is 0 Å². The van der Waals surface area contributed by atoms with Gasteiger partial charge in [0.1, 0.15) is 0 Å². The summed E-state index contributed by atoms with van der Waals surface area (Å²) in [4.78, 5) is 12.5. The molecule has 2 atom stereocenters. The molecule has 0 unspecified atom stereocenters. The number of piperidine rings is 1. The maximum atomic E-state index is 12.9. The van der Waals surface area contributed by atoms with Crippen molar-refractivity contribution in [3.63, 3.8) is 0 Å². The SMILES string of the molecule is C[C@H]1C[C@H](C)CN(S(=O)(=O)c2ccc(C(=O)OCC3CCCCC3)cc2)C1. The van der Waals surface area contributed by atoms with Crippen molar-refractivity contribution in [3.8, 4) is 0 Å². The van der Waals surface area contributed by atoms with E-state index in [0.717, 1.165) is 19.3 Å². The molecule has 0 radical (unpaired) electrons. The van der Waals surface area contributed by atoms with E-state index in [2.05, 4.69) is 13.8 Å². The van der Waals surface area contributed by atoms with E-state index in [1.165, 1.54) is 31.4 Å². The fourth-order valence-corrected chi connectivity index (χ4v) is 6.02. The van der Waals surface area contributed by atoms with E-state index in [1.54, 1.807) is 16.4 Å². The molecule has 1 aromatic carbocycles. The van der Waals surface area contributed by atoms with Gasteiger partial charge < -0.3 is 4.74 Å². The first kappa shape index (κ1) is 20.3. The Morgan fingerprint density at radius 1 is 1.04 bits per heavy atom. The topological polar surface area (TPSA) is 63.7 Å². The van der Waals surface area contributed by atoms with Crippen molar-refractivity contribution in [2.24, 2.45) is 17.8 Å². The maximum Gasteiger partial charge on any atom is 0.338 e. The number of carbonyl (C=O) groups excluding carboxylic acids is 1. The van der Waals surface area contributed by atoms with Crippen molar-refractivity contribution in [2.75, 3.05) is 19.7 Å². The lowest BCUT2D eigenvalue weighted by Crippen LogP contribution is -2.42. The summed E-state index contributed by atoms with van der Waals surface area (Å²) in [6.07, 6.45) is 6.99. The normalized spacial score (nSPS) is 25.3. The third-order valence-corrected chi connectivity index (χ3v) is 7.58. The summed E-state index contributed by atoms with van der Waals surface area (Å²) in [7, 11) is -3.52. The smallest absolute Gasteiger partial charge is 0.338 e. The standard InChI is InChI=1S/C21H31NO4S/c1-16-12-17(2)14-22(13-16)27(24,25)20-10-8-19(9-11-20)21(23)26-15-18-6-4-3-5-7-18/h8-11,16-18H,3-7,12-15H2,1-2H3/t16-,17-/m0/s1. The lowest BCUT2D eigenvalue weighted by Gasteiger charge is -2.34. The Kier molecular flexibility index (Phi) is 6.58. The molecule has 2 fully saturated rings. The van der Waals surface area contributed by atoms with Crippen LogP contribution in [0.3, 0.4) is 0 Å². The molecule has 1 heterocycles. The van der Waals surface area contributed by atoms with Gasteiger partial charge in [0.15, 0.2) is 0 Å². The van der Waals surface area contributed by atoms with Crippen LogP contribution in [0.1, 0.15) is 62.7 Å². The van der Waals surface area contributed by atoms with E-state index >= 15 is 0 Å². The predicted molar refractivity (Wildman–Crippen MR) is 105 cm³/mol. The van der Waals surface area contributed by atoms with E-state index in [4.69, 9.17) is 4.74 Å². The summed E-state index contributed by atoms with van der Waals surface area (Å²) in [6, 6.07) is 6.17. The van der Waals surface area contributed by atoms with Crippen LogP contribution in [0.5, 0.6) is 0 Å². The van der Waals surface area contributed by atoms with Gasteiger partial charge in [-0.25, -0.2) is 13.2 Å². The fraction of sp³-hybridized carbons (Fsp3) is 0.667. The lowest BCUT2D eigenvalue weighted by molar-refractivity contribution is 0.0410. The number of hydrogen-bond acceptors (Lipinski definition) is 4. The Bertz CT molecular complexity index is 728. The zero-order valence-corrected chi connectivity index (χ0v) is 17.2. The lowest BCUT2D eigenvalue weighted by atomic mass is 9.90. The Morgan fingerprint density at radius 3 is 2.22 bits per heavy atom. The van der Waals surface area contributed by atoms with Gasteiger partial charge in [-0.3, -0.25) is 0 Å². The summed E-state index contributed by atoms with van der Waals surface area (Å²) in [6.45, 7) is 5.74. The first-order chi connectivity index (χ1) is 12.9. The van der Waals surface area contributed by atoms with Crippen LogP contribution in [-0.4, -0.2) is 38.4 Å². The zero-order chi connectivity index (χ0) is 19.4. The third-order valence-electron chi connectivity index (χ3n) is 5.74. The minimum absolute atomic E-state index is 0.243. The number of benzene rings is 1. The maximum absolute atomic E-state index is 12.9. The van der Waals surface area contributed by atoms with Gasteiger partial charge in [-0.2, -0.15) is 4.31 Å². The Balaban J connectivity index is 1.62. The Labute approximate surface area is 163 Å². The molecule has 3 rings (SSSR count). The van der Waals surface area contributed by atoms with Gasteiger partial charge in [0, 0.05) is 13.1 Å². The molecule has 150 valence electrons. The van der Waals surface area contributed by atoms with E-state index < -0.39 is 10.0 Å². The van der Waals surface area contributed by atoms with Crippen molar-refractivity contribution in [1.82, 2.24) is 4.31 Å². The summed E-state index contributed by atoms with van der Waals surface area (Å²) in [5.74, 6) is 0.810. The minimum Gasteiger partial charge on any atom is -0.462 e. The van der Waals surface area contributed by atoms with Crippen LogP contribution >= 0.6 is 0 Å². The van der Waals surface area contributed by atoms with Gasteiger partial charge in [0.05, 0.1) is 17.1 Å². The van der Waals surface area contributed by atoms with Gasteiger partial charge in [-0.05, 0) is 61.3 Å². The minimum atomic E-state index is -3.52. The molecule has 1 saturated carbocycles. The van der Waals surface area contributed by atoms with E-state index in [1.807, 2.05) is 0 Å². The Morgan fingerprint density at radius 2 is 1.63 bits per heavy atom. The number of carbonyl (C=O) groups is 1. The van der Waals surface area contributed by atoms with Gasteiger partial charge in [0.2, 0.25) is 10.0 Å². The highest BCUT2D eigenvalue weighted by Gasteiger charge is 2.31. The molecule has 0 aromatic heterocycles. The van der Waals surface area contributed by atoms with Crippen molar-refractivity contribution in [2.45, 2.75) is 57.3 Å². The first-order valence-corrected chi connectivity index (χ1v) is 11.6. The van der Waals surface area contributed by atoms with Gasteiger partial charge in [0.25, 0.3) is 0 Å². The molecule has 1 aliphatic heterocycles. The van der Waals surface area contributed by atoms with Crippen LogP contribution in [0.4, 0.5) is 0 Å². The summed E-state index contributed by atoms with van der Waals surface area (Å²) in [5.41, 5.74) is 0.408. The largest absolute Gasteiger partial charge is 0.462 e. The molecule has 0 amide bonds. The third kappa shape index (κ3) is 5.11. The molecule has 0 bridgehead atoms. The second kappa shape index (κ2) is 8.74. The Hall–Kier alpha value is -1.40. The number of hydrogen-bond donors (Lipinski definition) is 0. The quantitative estimate of drug-likeness (QED) is 0.707. The molecule has 0 N–H and O–H groups in total. The second-order valence-electron chi connectivity index (χ2n) is 8.39. The van der Waals surface area contributed by atoms with Crippen molar-refractivity contribution in [3.05, 3.63) is 29.8 Å². The summed E-state index contributed by atoms with van der Waals surface area (Å²) in [5, 5.41) is 0.